The van der Waals surface area contributed by atoms with Crippen LogP contribution in [0.4, 0.5) is 0 Å². The highest BCUT2D eigenvalue weighted by Crippen LogP contribution is 2.42. The standard InChI is InChI=1S/C32H23N5/c1-5-13-23(14-6-1)21-36-29(25-17-9-3-10-18-25)27(24-15-7-2-8-16-24)28-31(36)33-22-37-32(28)34-30(35-37)26-19-11-4-12-20-26/h1-20,22H,21H2. The molecular formula is C32H23N5. The van der Waals surface area contributed by atoms with Gasteiger partial charge in [0.15, 0.2) is 11.5 Å². The number of rotatable bonds is 5. The first kappa shape index (κ1) is 21.3. The van der Waals surface area contributed by atoms with Crippen LogP contribution >= 0.6 is 0 Å². The molecule has 37 heavy (non-hydrogen) atoms. The summed E-state index contributed by atoms with van der Waals surface area (Å²) in [5, 5.41) is 5.80. The van der Waals surface area contributed by atoms with Gasteiger partial charge in [-0.3, -0.25) is 0 Å². The predicted molar refractivity (Wildman–Crippen MR) is 148 cm³/mol. The van der Waals surface area contributed by atoms with Gasteiger partial charge >= 0.3 is 0 Å². The van der Waals surface area contributed by atoms with Crippen LogP contribution < -0.4 is 0 Å². The second-order valence-electron chi connectivity index (χ2n) is 9.04. The third-order valence-electron chi connectivity index (χ3n) is 6.71. The molecule has 0 spiro atoms. The lowest BCUT2D eigenvalue weighted by molar-refractivity contribution is 0.826. The van der Waals surface area contributed by atoms with Crippen molar-refractivity contribution in [3.05, 3.63) is 133 Å². The second-order valence-corrected chi connectivity index (χ2v) is 9.04. The summed E-state index contributed by atoms with van der Waals surface area (Å²) in [5.41, 5.74) is 8.37. The Morgan fingerprint density at radius 3 is 1.78 bits per heavy atom. The van der Waals surface area contributed by atoms with Gasteiger partial charge in [-0.1, -0.05) is 121 Å². The zero-order valence-electron chi connectivity index (χ0n) is 20.1. The maximum absolute atomic E-state index is 5.05. The summed E-state index contributed by atoms with van der Waals surface area (Å²) in [6, 6.07) is 41.7. The summed E-state index contributed by atoms with van der Waals surface area (Å²) in [6.07, 6.45) is 1.78. The number of fused-ring (bicyclic) bond motifs is 3. The molecule has 0 bridgehead atoms. The first-order valence-corrected chi connectivity index (χ1v) is 12.3. The third kappa shape index (κ3) is 3.69. The van der Waals surface area contributed by atoms with Gasteiger partial charge in [-0.05, 0) is 16.7 Å². The molecule has 0 fully saturated rings. The number of benzene rings is 4. The topological polar surface area (TPSA) is 48.0 Å². The van der Waals surface area contributed by atoms with Crippen LogP contribution in [0.3, 0.4) is 0 Å². The van der Waals surface area contributed by atoms with Crippen LogP contribution in [-0.4, -0.2) is 24.1 Å². The fourth-order valence-electron chi connectivity index (χ4n) is 5.05. The van der Waals surface area contributed by atoms with Crippen molar-refractivity contribution in [3.63, 3.8) is 0 Å². The molecule has 0 aliphatic heterocycles. The first-order valence-electron chi connectivity index (χ1n) is 12.3. The van der Waals surface area contributed by atoms with Gasteiger partial charge < -0.3 is 4.57 Å². The van der Waals surface area contributed by atoms with Crippen LogP contribution in [0.25, 0.3) is 50.5 Å². The SMILES string of the molecule is c1ccc(Cn2c(-c3ccccc3)c(-c3ccccc3)c3c2ncn2nc(-c4ccccc4)nc32)cc1. The van der Waals surface area contributed by atoms with Crippen LogP contribution in [0.2, 0.25) is 0 Å². The van der Waals surface area contributed by atoms with Crippen molar-refractivity contribution >= 4 is 16.7 Å². The molecule has 3 heterocycles. The monoisotopic (exact) mass is 477 g/mol. The van der Waals surface area contributed by atoms with E-state index in [0.29, 0.717) is 12.4 Å². The highest BCUT2D eigenvalue weighted by atomic mass is 15.3. The number of hydrogen-bond acceptors (Lipinski definition) is 3. The average Bonchev–Trinajstić information content (AvgIpc) is 3.55. The van der Waals surface area contributed by atoms with E-state index in [1.165, 1.54) is 5.56 Å². The molecule has 0 amide bonds. The van der Waals surface area contributed by atoms with Crippen molar-refractivity contribution in [2.75, 3.05) is 0 Å². The Morgan fingerprint density at radius 1 is 0.568 bits per heavy atom. The van der Waals surface area contributed by atoms with E-state index >= 15 is 0 Å². The molecule has 0 N–H and O–H groups in total. The minimum Gasteiger partial charge on any atom is -0.320 e. The maximum atomic E-state index is 5.05. The minimum atomic E-state index is 0.686. The molecule has 5 nitrogen and oxygen atoms in total. The Bertz CT molecular complexity index is 1820. The zero-order chi connectivity index (χ0) is 24.6. The Kier molecular flexibility index (Phi) is 5.10. The van der Waals surface area contributed by atoms with E-state index < -0.39 is 0 Å². The normalized spacial score (nSPS) is 11.4. The summed E-state index contributed by atoms with van der Waals surface area (Å²) in [5.74, 6) is 0.686. The van der Waals surface area contributed by atoms with E-state index in [2.05, 4.69) is 83.4 Å². The maximum Gasteiger partial charge on any atom is 0.182 e. The number of aromatic nitrogens is 5. The van der Waals surface area contributed by atoms with Gasteiger partial charge in [-0.25, -0.2) is 14.5 Å². The quantitative estimate of drug-likeness (QED) is 0.265. The molecule has 0 radical (unpaired) electrons. The van der Waals surface area contributed by atoms with Crippen LogP contribution in [0, 0.1) is 0 Å². The third-order valence-corrected chi connectivity index (χ3v) is 6.71. The van der Waals surface area contributed by atoms with Crippen LogP contribution in [0.5, 0.6) is 0 Å². The molecule has 7 rings (SSSR count). The molecule has 0 saturated carbocycles. The summed E-state index contributed by atoms with van der Waals surface area (Å²) in [7, 11) is 0. The van der Waals surface area contributed by atoms with Gasteiger partial charge in [0.1, 0.15) is 12.0 Å². The molecule has 0 saturated heterocycles. The minimum absolute atomic E-state index is 0.686. The fraction of sp³-hybridized carbons (Fsp3) is 0.0312. The van der Waals surface area contributed by atoms with Crippen molar-refractivity contribution in [1.82, 2.24) is 24.1 Å². The summed E-state index contributed by atoms with van der Waals surface area (Å²) < 4.78 is 4.12. The Labute approximate surface area is 214 Å². The Balaban J connectivity index is 1.60. The summed E-state index contributed by atoms with van der Waals surface area (Å²) in [4.78, 5) is 10.0. The molecule has 0 aliphatic carbocycles. The van der Waals surface area contributed by atoms with E-state index in [0.717, 1.165) is 44.6 Å². The largest absolute Gasteiger partial charge is 0.320 e. The van der Waals surface area contributed by atoms with Gasteiger partial charge in [0.2, 0.25) is 0 Å². The number of hydrogen-bond donors (Lipinski definition) is 0. The van der Waals surface area contributed by atoms with Crippen molar-refractivity contribution in [1.29, 1.82) is 0 Å². The lowest BCUT2D eigenvalue weighted by Crippen LogP contribution is -2.03. The van der Waals surface area contributed by atoms with Crippen LogP contribution in [0.1, 0.15) is 5.56 Å². The van der Waals surface area contributed by atoms with Crippen molar-refractivity contribution in [2.45, 2.75) is 6.54 Å². The summed E-state index contributed by atoms with van der Waals surface area (Å²) >= 11 is 0. The lowest BCUT2D eigenvalue weighted by atomic mass is 9.99. The molecule has 5 heteroatoms. The zero-order valence-corrected chi connectivity index (χ0v) is 20.1. The highest BCUT2D eigenvalue weighted by Gasteiger charge is 2.25. The molecule has 0 aliphatic rings. The van der Waals surface area contributed by atoms with E-state index in [4.69, 9.17) is 15.1 Å². The molecule has 0 unspecified atom stereocenters. The van der Waals surface area contributed by atoms with Gasteiger partial charge in [-0.15, -0.1) is 5.10 Å². The molecular weight excluding hydrogens is 454 g/mol. The van der Waals surface area contributed by atoms with E-state index in [1.807, 2.05) is 42.5 Å². The molecule has 4 aromatic carbocycles. The van der Waals surface area contributed by atoms with Crippen molar-refractivity contribution < 1.29 is 0 Å². The van der Waals surface area contributed by atoms with Gasteiger partial charge in [0, 0.05) is 17.7 Å². The molecule has 3 aromatic heterocycles. The second kappa shape index (κ2) is 8.88. The van der Waals surface area contributed by atoms with Gasteiger partial charge in [0.05, 0.1) is 11.1 Å². The molecule has 176 valence electrons. The van der Waals surface area contributed by atoms with Crippen LogP contribution in [-0.2, 0) is 6.54 Å². The van der Waals surface area contributed by atoms with E-state index in [1.54, 1.807) is 10.8 Å². The highest BCUT2D eigenvalue weighted by molar-refractivity contribution is 6.09. The van der Waals surface area contributed by atoms with E-state index in [9.17, 15) is 0 Å². The molecule has 0 atom stereocenters. The lowest BCUT2D eigenvalue weighted by Gasteiger charge is -2.13. The summed E-state index contributed by atoms with van der Waals surface area (Å²) in [6.45, 7) is 0.692. The van der Waals surface area contributed by atoms with Crippen LogP contribution in [0.15, 0.2) is 128 Å². The fourth-order valence-corrected chi connectivity index (χ4v) is 5.05. The predicted octanol–water partition coefficient (Wildman–Crippen LogP) is 7.13. The van der Waals surface area contributed by atoms with Gasteiger partial charge in [-0.2, -0.15) is 0 Å². The smallest absolute Gasteiger partial charge is 0.182 e. The number of nitrogens with zero attached hydrogens (tertiary/aromatic N) is 5. The first-order chi connectivity index (χ1) is 18.4. The Morgan fingerprint density at radius 2 is 1.14 bits per heavy atom. The van der Waals surface area contributed by atoms with Gasteiger partial charge in [0.25, 0.3) is 0 Å². The van der Waals surface area contributed by atoms with Crippen molar-refractivity contribution in [3.8, 4) is 33.8 Å². The van der Waals surface area contributed by atoms with E-state index in [-0.39, 0.29) is 0 Å². The Hall–Kier alpha value is -5.03. The van der Waals surface area contributed by atoms with Crippen molar-refractivity contribution in [2.24, 2.45) is 0 Å². The average molecular weight is 478 g/mol. The molecule has 7 aromatic rings.